The zero-order chi connectivity index (χ0) is 57.5. The number of carbonyl (C=O) groups excluding carboxylic acids is 5. The predicted molar refractivity (Wildman–Crippen MR) is 317 cm³/mol. The number of benzene rings is 1. The fraction of sp³-hybridized carbons (Fsp3) is 0.345. The van der Waals surface area contributed by atoms with Crippen LogP contribution in [0.1, 0.15) is 128 Å². The highest BCUT2D eigenvalue weighted by atomic mass is 32.1. The average Bonchev–Trinajstić information content (AvgIpc) is 4.44. The third-order valence-electron chi connectivity index (χ3n) is 13.2. The Morgan fingerprint density at radius 1 is 0.790 bits per heavy atom. The summed E-state index contributed by atoms with van der Waals surface area (Å²) < 4.78 is 5.58. The molecule has 0 saturated carbocycles. The summed E-state index contributed by atoms with van der Waals surface area (Å²) in [6.45, 7) is 11.8. The summed E-state index contributed by atoms with van der Waals surface area (Å²) in [5.41, 5.74) is 4.05. The molecule has 0 spiro atoms. The quantitative estimate of drug-likeness (QED) is 0.0566. The third-order valence-corrected chi connectivity index (χ3v) is 19.0. The number of nitrogens with zero attached hydrogens (tertiary/aromatic N) is 7. The van der Waals surface area contributed by atoms with Gasteiger partial charge in [-0.25, -0.2) is 34.9 Å². The molecule has 20 nitrogen and oxygen atoms in total. The molecule has 1 aromatic carbocycles. The number of aryl methyl sites for hydroxylation is 1. The first-order valence-electron chi connectivity index (χ1n) is 25.7. The molecule has 8 aromatic rings. The first-order valence-corrected chi connectivity index (χ1v) is 30.9. The fourth-order valence-corrected chi connectivity index (χ4v) is 14.4. The topological polar surface area (TPSA) is 285 Å². The Morgan fingerprint density at radius 3 is 2.26 bits per heavy atom. The number of aromatic nitrogens is 7. The number of amides is 4. The molecule has 0 fully saturated rings. The summed E-state index contributed by atoms with van der Waals surface area (Å²) >= 11 is 7.67. The number of fused-ring (bicyclic) bond motifs is 14. The Morgan fingerprint density at radius 2 is 1.51 bits per heavy atom. The van der Waals surface area contributed by atoms with Crippen LogP contribution < -0.4 is 26.6 Å². The molecule has 0 radical (unpaired) electrons. The van der Waals surface area contributed by atoms with E-state index in [2.05, 4.69) is 33.2 Å². The van der Waals surface area contributed by atoms with Crippen molar-refractivity contribution < 1.29 is 38.9 Å². The van der Waals surface area contributed by atoms with E-state index >= 15 is 0 Å². The van der Waals surface area contributed by atoms with Crippen LogP contribution in [0.15, 0.2) is 70.6 Å². The Labute approximate surface area is 490 Å². The van der Waals surface area contributed by atoms with Gasteiger partial charge in [0.1, 0.15) is 77.2 Å². The van der Waals surface area contributed by atoms with Crippen LogP contribution in [-0.4, -0.2) is 102 Å². The fourth-order valence-electron chi connectivity index (χ4n) is 8.76. The second-order valence-electron chi connectivity index (χ2n) is 19.4. The van der Waals surface area contributed by atoms with Gasteiger partial charge >= 0.3 is 0 Å². The van der Waals surface area contributed by atoms with Crippen LogP contribution in [0.5, 0.6) is 0 Å². The van der Waals surface area contributed by atoms with Gasteiger partial charge in [-0.2, -0.15) is 0 Å². The summed E-state index contributed by atoms with van der Waals surface area (Å²) in [4.78, 5) is 104. The lowest BCUT2D eigenvalue weighted by Gasteiger charge is -2.23. The van der Waals surface area contributed by atoms with Crippen LogP contribution in [0.4, 0.5) is 5.82 Å². The van der Waals surface area contributed by atoms with Crippen molar-refractivity contribution in [2.24, 2.45) is 11.8 Å². The van der Waals surface area contributed by atoms with E-state index in [0.717, 1.165) is 4.88 Å². The van der Waals surface area contributed by atoms with E-state index in [-0.39, 0.29) is 79.3 Å². The zero-order valence-electron chi connectivity index (χ0n) is 44.9. The normalized spacial score (nSPS) is 17.0. The largest absolute Gasteiger partial charge is 0.396 e. The monoisotopic (exact) mass is 1210 g/mol. The van der Waals surface area contributed by atoms with Gasteiger partial charge in [0.05, 0.1) is 46.9 Å². The molecule has 4 amide bonds. The Balaban J connectivity index is 1.12. The van der Waals surface area contributed by atoms with E-state index in [9.17, 15) is 34.2 Å². The average molecular weight is 1210 g/mol. The standard InChI is InChI=1S/C55H58N12O8S6/c1-26(2)32-18-38(69)44-29(5)80-54(67-44)34(19-41(70)56-6)59-49(74)36-23-76-50(61-36)31-15-16-33(52-64-40(25-79-52)63-48(73)27(3)12-11-17-68)58-45(31)35-22-77-53(60-35)37-24-78-55(62-37)46(47(72)30-13-9-8-10-14-30)65-42(71)20-57-28(4)43-39(21-75-7)81-51(32)66-43/h8-10,13-16,22-27,32,34,46-47,57,68,72H,4,11-12,17-21H2,1-3,5-7H3,(H,56,70)(H,59,74)(H,63,73)(H,65,71)/t27-,32-,34+,46+,47+/m1/s1. The minimum Gasteiger partial charge on any atom is -0.396 e. The number of ketones is 1. The van der Waals surface area contributed by atoms with Gasteiger partial charge in [0.2, 0.25) is 17.7 Å². The second kappa shape index (κ2) is 26.4. The molecule has 8 heterocycles. The number of methoxy groups -OCH3 is 1. The van der Waals surface area contributed by atoms with Crippen LogP contribution in [0.25, 0.3) is 49.1 Å². The third kappa shape index (κ3) is 13.7. The molecule has 0 aliphatic carbocycles. The van der Waals surface area contributed by atoms with Crippen LogP contribution in [-0.2, 0) is 25.7 Å². The van der Waals surface area contributed by atoms with Gasteiger partial charge < -0.3 is 41.5 Å². The van der Waals surface area contributed by atoms with Crippen molar-refractivity contribution in [2.45, 2.75) is 84.1 Å². The van der Waals surface area contributed by atoms with Crippen molar-refractivity contribution in [2.75, 3.05) is 32.6 Å². The van der Waals surface area contributed by atoms with Crippen LogP contribution >= 0.6 is 68.0 Å². The van der Waals surface area contributed by atoms with Gasteiger partial charge in [0.25, 0.3) is 5.91 Å². The van der Waals surface area contributed by atoms with Crippen molar-refractivity contribution in [1.29, 1.82) is 0 Å². The van der Waals surface area contributed by atoms with Gasteiger partial charge in [-0.3, -0.25) is 24.0 Å². The van der Waals surface area contributed by atoms with Crippen molar-refractivity contribution in [3.8, 4) is 43.4 Å². The lowest BCUT2D eigenvalue weighted by molar-refractivity contribution is -0.122. The number of aliphatic hydroxyl groups excluding tert-OH is 2. The molecule has 7 N–H and O–H groups in total. The molecule has 26 heteroatoms. The highest BCUT2D eigenvalue weighted by Crippen LogP contribution is 2.41. The molecule has 0 saturated heterocycles. The van der Waals surface area contributed by atoms with Gasteiger partial charge in [-0.1, -0.05) is 57.7 Å². The molecule has 7 aromatic heterocycles. The molecular weight excluding hydrogens is 1150 g/mol. The minimum atomic E-state index is -1.20. The highest BCUT2D eigenvalue weighted by Gasteiger charge is 2.33. The second-order valence-corrected chi connectivity index (χ2v) is 25.2. The van der Waals surface area contributed by atoms with E-state index in [1.807, 2.05) is 31.4 Å². The van der Waals surface area contributed by atoms with Crippen molar-refractivity contribution >= 4 is 109 Å². The molecule has 1 aliphatic heterocycles. The zero-order valence-corrected chi connectivity index (χ0v) is 49.8. The van der Waals surface area contributed by atoms with Crippen molar-refractivity contribution in [3.63, 3.8) is 0 Å². The van der Waals surface area contributed by atoms with Gasteiger partial charge in [-0.05, 0) is 43.4 Å². The number of nitrogens with one attached hydrogen (secondary N) is 5. The Hall–Kier alpha value is -6.88. The first-order chi connectivity index (χ1) is 39.0. The van der Waals surface area contributed by atoms with E-state index in [0.29, 0.717) is 98.9 Å². The molecule has 5 atom stereocenters. The molecular formula is C55H58N12O8S6. The predicted octanol–water partition coefficient (Wildman–Crippen LogP) is 9.38. The van der Waals surface area contributed by atoms with Gasteiger partial charge in [0, 0.05) is 71.0 Å². The molecule has 9 rings (SSSR count). The number of rotatable bonds is 13. The molecule has 81 heavy (non-hydrogen) atoms. The molecule has 0 unspecified atom stereocenters. The van der Waals surface area contributed by atoms with E-state index in [1.165, 1.54) is 75.1 Å². The summed E-state index contributed by atoms with van der Waals surface area (Å²) in [5, 5.41) is 45.7. The van der Waals surface area contributed by atoms with Crippen LogP contribution in [0.2, 0.25) is 0 Å². The van der Waals surface area contributed by atoms with E-state index in [1.54, 1.807) is 67.4 Å². The SMILES string of the molecule is C=C1NCC(=O)N[C@@H]([C@@H](O)c2ccccc2)c2nc(cs2)-c2nc(cs2)-c2nc(-c3nc(NC(=O)[C@H](C)CCCO)cs3)ccc2-c2nc(cs2)C(=O)N[C@@H](CC(=O)NC)c2nc(c(C)s2)C(=O)C[C@H](C(C)C)c2nc1c(COC)s2. The summed E-state index contributed by atoms with van der Waals surface area (Å²) in [5.74, 6) is -2.25. The number of ether oxygens (including phenoxy) is 1. The number of anilines is 1. The molecule has 10 bridgehead atoms. The van der Waals surface area contributed by atoms with Gasteiger partial charge in [-0.15, -0.1) is 68.0 Å². The van der Waals surface area contributed by atoms with E-state index in [4.69, 9.17) is 39.6 Å². The number of aliphatic hydroxyl groups is 2. The lowest BCUT2D eigenvalue weighted by atomic mass is 9.90. The lowest BCUT2D eigenvalue weighted by Crippen LogP contribution is -2.38. The Bertz CT molecular complexity index is 3590. The van der Waals surface area contributed by atoms with Crippen LogP contribution in [0.3, 0.4) is 0 Å². The minimum absolute atomic E-state index is 0.0124. The van der Waals surface area contributed by atoms with Gasteiger partial charge in [0.15, 0.2) is 5.78 Å². The maximum Gasteiger partial charge on any atom is 0.271 e. The molecule has 1 aliphatic rings. The summed E-state index contributed by atoms with van der Waals surface area (Å²) in [6, 6.07) is 10.7. The maximum atomic E-state index is 14.4. The number of carbonyl (C=O) groups is 5. The van der Waals surface area contributed by atoms with E-state index < -0.39 is 30.0 Å². The van der Waals surface area contributed by atoms with Crippen LogP contribution in [0, 0.1) is 18.8 Å². The van der Waals surface area contributed by atoms with Crippen molar-refractivity contribution in [3.05, 3.63) is 118 Å². The number of hydrogen-bond acceptors (Lipinski definition) is 22. The first kappa shape index (κ1) is 58.8. The smallest absolute Gasteiger partial charge is 0.271 e. The highest BCUT2D eigenvalue weighted by molar-refractivity contribution is 7.15. The number of hydrogen-bond donors (Lipinski definition) is 7. The maximum absolute atomic E-state index is 14.4. The summed E-state index contributed by atoms with van der Waals surface area (Å²) in [6.07, 6.45) is -0.305. The number of pyridine rings is 1. The Kier molecular flexibility index (Phi) is 19.1. The van der Waals surface area contributed by atoms with Crippen molar-refractivity contribution in [1.82, 2.24) is 56.2 Å². The molecule has 422 valence electrons. The summed E-state index contributed by atoms with van der Waals surface area (Å²) in [7, 11) is 3.07. The number of Topliss-reactive ketones (excluding diaryl/α,β-unsaturated/α-hetero) is 1. The number of thiazole rings is 6.